The summed E-state index contributed by atoms with van der Waals surface area (Å²) in [6.07, 6.45) is 5.11. The smallest absolute Gasteiger partial charge is 0.309 e. The van der Waals surface area contributed by atoms with Crippen LogP contribution in [0.2, 0.25) is 0 Å². The van der Waals surface area contributed by atoms with Crippen LogP contribution in [0, 0.1) is 41.4 Å². The van der Waals surface area contributed by atoms with Gasteiger partial charge < -0.3 is 9.84 Å². The molecule has 7 nitrogen and oxygen atoms in total. The fourth-order valence-electron chi connectivity index (χ4n) is 8.18. The van der Waals surface area contributed by atoms with Gasteiger partial charge in [0.2, 0.25) is 0 Å². The predicted octanol–water partition coefficient (Wildman–Crippen LogP) is 3.96. The average Bonchev–Trinajstić information content (AvgIpc) is 3.01. The molecule has 4 fully saturated rings. The third kappa shape index (κ3) is 3.75. The van der Waals surface area contributed by atoms with Crippen molar-refractivity contribution in [2.24, 2.45) is 39.6 Å². The van der Waals surface area contributed by atoms with Crippen LogP contribution in [0.15, 0.2) is 46.4 Å². The Morgan fingerprint density at radius 1 is 1.23 bits per heavy atom. The highest BCUT2D eigenvalue weighted by atomic mass is 32.2. The summed E-state index contributed by atoms with van der Waals surface area (Å²) in [4.78, 5) is 15.5. The van der Waals surface area contributed by atoms with Gasteiger partial charge in [-0.3, -0.25) is 4.79 Å². The van der Waals surface area contributed by atoms with Crippen LogP contribution < -0.4 is 4.83 Å². The lowest BCUT2D eigenvalue weighted by Gasteiger charge is -2.61. The zero-order valence-electron chi connectivity index (χ0n) is 20.8. The number of hydrazone groups is 1. The molecule has 2 bridgehead atoms. The Morgan fingerprint density at radius 3 is 2.63 bits per heavy atom. The highest BCUT2D eigenvalue weighted by molar-refractivity contribution is 7.89. The summed E-state index contributed by atoms with van der Waals surface area (Å²) in [5.74, 6) is 0.0477. The van der Waals surface area contributed by atoms with Crippen LogP contribution >= 0.6 is 0 Å². The number of benzene rings is 1. The molecule has 0 unspecified atom stereocenters. The molecule has 0 heterocycles. The number of methoxy groups -OCH3 is 1. The van der Waals surface area contributed by atoms with Crippen molar-refractivity contribution >= 4 is 21.7 Å². The molecule has 0 amide bonds. The van der Waals surface area contributed by atoms with Crippen molar-refractivity contribution in [3.63, 3.8) is 0 Å². The molecule has 1 aromatic rings. The molecule has 35 heavy (non-hydrogen) atoms. The van der Waals surface area contributed by atoms with Crippen LogP contribution in [-0.4, -0.2) is 38.4 Å². The molecule has 0 saturated heterocycles. The lowest BCUT2D eigenvalue weighted by atomic mass is 9.43. The number of nitrogens with zero attached hydrogens (tertiary/aromatic N) is 1. The summed E-state index contributed by atoms with van der Waals surface area (Å²) in [6.45, 7) is 8.35. The molecule has 7 atom stereocenters. The second-order valence-corrected chi connectivity index (χ2v) is 13.1. The van der Waals surface area contributed by atoms with E-state index in [1.54, 1.807) is 24.3 Å². The van der Waals surface area contributed by atoms with Gasteiger partial charge in [0.1, 0.15) is 0 Å². The Kier molecular flexibility index (Phi) is 5.91. The molecular formula is C27H36N2O5S. The van der Waals surface area contributed by atoms with Gasteiger partial charge in [-0.1, -0.05) is 31.2 Å². The number of hydrogen-bond donors (Lipinski definition) is 2. The summed E-state index contributed by atoms with van der Waals surface area (Å²) >= 11 is 0. The lowest BCUT2D eigenvalue weighted by molar-refractivity contribution is -0.165. The Hall–Kier alpha value is -2.19. The molecule has 1 aromatic carbocycles. The maximum Gasteiger partial charge on any atom is 0.309 e. The number of carbonyl (C=O) groups is 1. The first-order valence-electron chi connectivity index (χ1n) is 12.6. The van der Waals surface area contributed by atoms with E-state index in [0.717, 1.165) is 43.2 Å². The van der Waals surface area contributed by atoms with Gasteiger partial charge in [-0.25, -0.2) is 4.83 Å². The molecule has 0 aromatic heterocycles. The number of aliphatic hydroxyl groups excluding tert-OH is 1. The Balaban J connectivity index is 1.49. The molecule has 8 heteroatoms. The number of rotatable bonds is 4. The zero-order valence-corrected chi connectivity index (χ0v) is 21.6. The van der Waals surface area contributed by atoms with E-state index in [-0.39, 0.29) is 39.4 Å². The third-order valence-corrected chi connectivity index (χ3v) is 11.0. The van der Waals surface area contributed by atoms with E-state index in [1.807, 2.05) is 6.92 Å². The quantitative estimate of drug-likeness (QED) is 0.370. The Labute approximate surface area is 208 Å². The number of nitrogens with one attached hydrogen (secondary N) is 1. The number of fused-ring (bicyclic) bond motifs is 3. The topological polar surface area (TPSA) is 105 Å². The first-order valence-corrected chi connectivity index (χ1v) is 14.1. The molecule has 4 saturated carbocycles. The van der Waals surface area contributed by atoms with Crippen LogP contribution in [-0.2, 0) is 19.6 Å². The number of esters is 1. The van der Waals surface area contributed by atoms with Crippen molar-refractivity contribution in [1.29, 1.82) is 0 Å². The number of sulfonamides is 1. The van der Waals surface area contributed by atoms with Crippen LogP contribution in [0.4, 0.5) is 0 Å². The van der Waals surface area contributed by atoms with Gasteiger partial charge in [0.05, 0.1) is 24.0 Å². The Morgan fingerprint density at radius 2 is 1.94 bits per heavy atom. The van der Waals surface area contributed by atoms with E-state index >= 15 is 0 Å². The molecular weight excluding hydrogens is 464 g/mol. The SMILES string of the molecule is C=C1[C@@H]2CC[C@H]3[C@]4(C)C/C(=N\NS(=O)(=O)c5ccc(C)cc5)C[C@@H](C(=O)OC)[C@H]4CC[C@]3(C2)[C@@H]1O. The van der Waals surface area contributed by atoms with Crippen molar-refractivity contribution in [2.75, 3.05) is 7.11 Å². The lowest BCUT2D eigenvalue weighted by Crippen LogP contribution is -2.59. The summed E-state index contributed by atoms with van der Waals surface area (Å²) in [5, 5.41) is 15.7. The van der Waals surface area contributed by atoms with Crippen molar-refractivity contribution in [1.82, 2.24) is 4.83 Å². The number of aryl methyl sites for hydroxylation is 1. The standard InChI is InChI=1S/C27H36N2O5S/c1-16-5-8-20(9-6-16)35(32,33)29-28-19-13-21(25(31)34-4)22-11-12-27-14-18(17(2)24(27)30)7-10-23(27)26(22,3)15-19/h5-6,8-9,18,21-24,29-30H,2,7,10-15H2,1,3-4H3/b28-19-/t18-,21-,22-,23+,24-,26-,27-/m1/s1. The van der Waals surface area contributed by atoms with Gasteiger partial charge >= 0.3 is 5.97 Å². The minimum atomic E-state index is -3.82. The number of hydrogen-bond acceptors (Lipinski definition) is 6. The minimum absolute atomic E-state index is 0.107. The van der Waals surface area contributed by atoms with Crippen LogP contribution in [0.1, 0.15) is 57.4 Å². The molecule has 1 spiro atoms. The van der Waals surface area contributed by atoms with Gasteiger partial charge in [0, 0.05) is 17.5 Å². The van der Waals surface area contributed by atoms with Crippen LogP contribution in [0.5, 0.6) is 0 Å². The van der Waals surface area contributed by atoms with Gasteiger partial charge in [0.15, 0.2) is 0 Å². The molecule has 4 aliphatic carbocycles. The maximum atomic E-state index is 12.9. The van der Waals surface area contributed by atoms with Gasteiger partial charge in [-0.15, -0.1) is 0 Å². The normalized spacial score (nSPS) is 39.6. The summed E-state index contributed by atoms with van der Waals surface area (Å²) in [5.41, 5.74) is 2.10. The molecule has 4 aliphatic rings. The van der Waals surface area contributed by atoms with Gasteiger partial charge in [-0.2, -0.15) is 13.5 Å². The third-order valence-electron chi connectivity index (χ3n) is 9.79. The first-order chi connectivity index (χ1) is 16.5. The van der Waals surface area contributed by atoms with E-state index < -0.39 is 16.1 Å². The second-order valence-electron chi connectivity index (χ2n) is 11.5. The van der Waals surface area contributed by atoms with E-state index in [4.69, 9.17) is 4.74 Å². The highest BCUT2D eigenvalue weighted by Gasteiger charge is 2.66. The number of carbonyl (C=O) groups excluding carboxylic acids is 1. The zero-order chi connectivity index (χ0) is 25.2. The Bertz CT molecular complexity index is 1180. The first kappa shape index (κ1) is 24.5. The molecule has 2 N–H and O–H groups in total. The highest BCUT2D eigenvalue weighted by Crippen LogP contribution is 2.70. The number of aliphatic hydroxyl groups is 1. The largest absolute Gasteiger partial charge is 0.469 e. The van der Waals surface area contributed by atoms with Crippen LogP contribution in [0.25, 0.3) is 0 Å². The van der Waals surface area contributed by atoms with Crippen molar-refractivity contribution in [3.8, 4) is 0 Å². The van der Waals surface area contributed by atoms with E-state index in [2.05, 4.69) is 23.4 Å². The van der Waals surface area contributed by atoms with E-state index in [9.17, 15) is 18.3 Å². The molecule has 190 valence electrons. The summed E-state index contributed by atoms with van der Waals surface area (Å²) in [6, 6.07) is 6.62. The van der Waals surface area contributed by atoms with Crippen LogP contribution in [0.3, 0.4) is 0 Å². The fourth-order valence-corrected chi connectivity index (χ4v) is 9.03. The van der Waals surface area contributed by atoms with Gasteiger partial charge in [0.25, 0.3) is 10.0 Å². The molecule has 0 radical (unpaired) electrons. The summed E-state index contributed by atoms with van der Waals surface area (Å²) < 4.78 is 31.0. The molecule has 5 rings (SSSR count). The van der Waals surface area contributed by atoms with Crippen molar-refractivity contribution in [2.45, 2.75) is 69.8 Å². The monoisotopic (exact) mass is 500 g/mol. The predicted molar refractivity (Wildman–Crippen MR) is 133 cm³/mol. The minimum Gasteiger partial charge on any atom is -0.469 e. The second kappa shape index (κ2) is 8.44. The van der Waals surface area contributed by atoms with E-state index in [1.165, 1.54) is 7.11 Å². The van der Waals surface area contributed by atoms with Crippen molar-refractivity contribution < 1.29 is 23.1 Å². The maximum absolute atomic E-state index is 12.9. The van der Waals surface area contributed by atoms with E-state index in [0.29, 0.717) is 24.5 Å². The fraction of sp³-hybridized carbons (Fsp3) is 0.630. The number of ether oxygens (including phenoxy) is 1. The van der Waals surface area contributed by atoms with Gasteiger partial charge in [-0.05, 0) is 86.3 Å². The van der Waals surface area contributed by atoms with Crippen molar-refractivity contribution in [3.05, 3.63) is 42.0 Å². The summed E-state index contributed by atoms with van der Waals surface area (Å²) in [7, 11) is -2.42. The molecule has 0 aliphatic heterocycles. The average molecular weight is 501 g/mol.